The number of hydrogen-bond donors (Lipinski definition) is 0. The third kappa shape index (κ3) is 4.31. The molecule has 0 aliphatic carbocycles. The first kappa shape index (κ1) is 19.9. The van der Waals surface area contributed by atoms with E-state index in [1.807, 2.05) is 65.6 Å². The molecule has 0 aromatic heterocycles. The van der Waals surface area contributed by atoms with E-state index in [0.717, 1.165) is 11.3 Å². The van der Waals surface area contributed by atoms with Gasteiger partial charge in [0.1, 0.15) is 5.75 Å². The topological polar surface area (TPSA) is 66.9 Å². The van der Waals surface area contributed by atoms with Crippen molar-refractivity contribution < 1.29 is 17.9 Å². The van der Waals surface area contributed by atoms with Gasteiger partial charge >= 0.3 is 0 Å². The zero-order valence-corrected chi connectivity index (χ0v) is 17.3. The minimum Gasteiger partial charge on any atom is -0.493 e. The van der Waals surface area contributed by atoms with Crippen molar-refractivity contribution in [2.75, 3.05) is 32.5 Å². The monoisotopic (exact) mass is 414 g/mol. The van der Waals surface area contributed by atoms with E-state index in [4.69, 9.17) is 4.74 Å². The third-order valence-electron chi connectivity index (χ3n) is 5.87. The Balaban J connectivity index is 1.42. The van der Waals surface area contributed by atoms with Crippen LogP contribution in [0.1, 0.15) is 18.0 Å². The molecule has 2 saturated heterocycles. The molecule has 2 fully saturated rings. The van der Waals surface area contributed by atoms with Crippen LogP contribution in [0.5, 0.6) is 5.75 Å². The quantitative estimate of drug-likeness (QED) is 0.729. The fourth-order valence-corrected chi connectivity index (χ4v) is 5.70. The van der Waals surface area contributed by atoms with Crippen LogP contribution in [0.3, 0.4) is 0 Å². The lowest BCUT2D eigenvalue weighted by molar-refractivity contribution is -0.131. The number of hydrogen-bond acceptors (Lipinski definition) is 4. The van der Waals surface area contributed by atoms with Crippen molar-refractivity contribution in [1.29, 1.82) is 0 Å². The van der Waals surface area contributed by atoms with E-state index in [0.29, 0.717) is 32.7 Å². The van der Waals surface area contributed by atoms with Gasteiger partial charge < -0.3 is 9.64 Å². The molecule has 1 amide bonds. The Hall–Kier alpha value is -2.38. The van der Waals surface area contributed by atoms with Crippen molar-refractivity contribution in [2.45, 2.75) is 12.5 Å². The lowest BCUT2D eigenvalue weighted by Crippen LogP contribution is -2.37. The minimum absolute atomic E-state index is 0.0630. The average molecular weight is 415 g/mol. The standard InChI is InChI=1S/C22H26N2O4S/c1-29(26,27)24-15-18-14-23(16-20(18)22(24)17-8-4-2-5-9-17)21(25)12-13-28-19-10-6-3-7-11-19/h2-11,18,20,22H,12-16H2,1H3/t18-,20-,22+/m1/s1. The summed E-state index contributed by atoms with van der Waals surface area (Å²) in [5.41, 5.74) is 0.993. The largest absolute Gasteiger partial charge is 0.493 e. The number of rotatable bonds is 6. The Labute approximate surface area is 172 Å². The third-order valence-corrected chi connectivity index (χ3v) is 7.10. The molecule has 0 radical (unpaired) electrons. The summed E-state index contributed by atoms with van der Waals surface area (Å²) in [5.74, 6) is 1.10. The van der Waals surface area contributed by atoms with Crippen LogP contribution < -0.4 is 4.74 Å². The molecule has 29 heavy (non-hydrogen) atoms. The summed E-state index contributed by atoms with van der Waals surface area (Å²) in [6.45, 7) is 1.99. The molecule has 3 atom stereocenters. The number of amides is 1. The highest BCUT2D eigenvalue weighted by Crippen LogP contribution is 2.46. The number of ether oxygens (including phenoxy) is 1. The molecule has 2 heterocycles. The molecule has 2 aliphatic heterocycles. The summed E-state index contributed by atoms with van der Waals surface area (Å²) in [5, 5.41) is 0. The molecule has 2 aromatic rings. The summed E-state index contributed by atoms with van der Waals surface area (Å²) >= 11 is 0. The molecule has 2 aromatic carbocycles. The van der Waals surface area contributed by atoms with Crippen molar-refractivity contribution in [3.8, 4) is 5.75 Å². The number of nitrogens with zero attached hydrogens (tertiary/aromatic N) is 2. The van der Waals surface area contributed by atoms with Gasteiger partial charge in [0.25, 0.3) is 0 Å². The summed E-state index contributed by atoms with van der Waals surface area (Å²) < 4.78 is 32.0. The molecule has 0 N–H and O–H groups in total. The van der Waals surface area contributed by atoms with E-state index in [9.17, 15) is 13.2 Å². The maximum absolute atomic E-state index is 12.7. The number of benzene rings is 2. The highest BCUT2D eigenvalue weighted by Gasteiger charge is 2.51. The zero-order valence-electron chi connectivity index (χ0n) is 16.5. The molecule has 4 rings (SSSR count). The fourth-order valence-electron chi connectivity index (χ4n) is 4.55. The van der Waals surface area contributed by atoms with Gasteiger partial charge in [-0.05, 0) is 23.6 Å². The van der Waals surface area contributed by atoms with Crippen LogP contribution in [-0.2, 0) is 14.8 Å². The first-order valence-corrected chi connectivity index (χ1v) is 11.8. The van der Waals surface area contributed by atoms with E-state index in [2.05, 4.69) is 0 Å². The normalized spacial score (nSPS) is 24.4. The molecule has 2 aliphatic rings. The van der Waals surface area contributed by atoms with Crippen molar-refractivity contribution in [3.05, 3.63) is 66.2 Å². The van der Waals surface area contributed by atoms with Crippen molar-refractivity contribution >= 4 is 15.9 Å². The Morgan fingerprint density at radius 2 is 1.66 bits per heavy atom. The van der Waals surface area contributed by atoms with Crippen molar-refractivity contribution in [3.63, 3.8) is 0 Å². The molecular weight excluding hydrogens is 388 g/mol. The molecular formula is C22H26N2O4S. The van der Waals surface area contributed by atoms with Crippen LogP contribution >= 0.6 is 0 Å². The minimum atomic E-state index is -3.31. The summed E-state index contributed by atoms with van der Waals surface area (Å²) in [6, 6.07) is 19.0. The van der Waals surface area contributed by atoms with Crippen molar-refractivity contribution in [2.24, 2.45) is 11.8 Å². The Morgan fingerprint density at radius 1 is 1.00 bits per heavy atom. The Kier molecular flexibility index (Phi) is 5.61. The van der Waals surface area contributed by atoms with Gasteiger partial charge in [-0.2, -0.15) is 4.31 Å². The zero-order chi connectivity index (χ0) is 20.4. The predicted octanol–water partition coefficient (Wildman–Crippen LogP) is 2.55. The number of carbonyl (C=O) groups is 1. The second kappa shape index (κ2) is 8.16. The lowest BCUT2D eigenvalue weighted by atomic mass is 9.90. The summed E-state index contributed by atoms with van der Waals surface area (Å²) in [7, 11) is -3.31. The first-order chi connectivity index (χ1) is 13.9. The molecule has 6 nitrogen and oxygen atoms in total. The number of fused-ring (bicyclic) bond motifs is 1. The summed E-state index contributed by atoms with van der Waals surface area (Å²) in [4.78, 5) is 14.6. The maximum atomic E-state index is 12.7. The van der Waals surface area contributed by atoms with Crippen LogP contribution in [0.4, 0.5) is 0 Å². The predicted molar refractivity (Wildman–Crippen MR) is 111 cm³/mol. The molecule has 0 bridgehead atoms. The molecule has 0 spiro atoms. The van der Waals surface area contributed by atoms with Gasteiger partial charge in [0.05, 0.1) is 25.3 Å². The van der Waals surface area contributed by atoms with Crippen LogP contribution in [0.25, 0.3) is 0 Å². The van der Waals surface area contributed by atoms with Gasteiger partial charge in [-0.3, -0.25) is 4.79 Å². The SMILES string of the molecule is CS(=O)(=O)N1C[C@H]2CN(C(=O)CCOc3ccccc3)C[C@H]2[C@@H]1c1ccccc1. The smallest absolute Gasteiger partial charge is 0.226 e. The second-order valence-electron chi connectivity index (χ2n) is 7.82. The van der Waals surface area contributed by atoms with E-state index < -0.39 is 10.0 Å². The van der Waals surface area contributed by atoms with Gasteiger partial charge in [0.15, 0.2) is 0 Å². The maximum Gasteiger partial charge on any atom is 0.226 e. The van der Waals surface area contributed by atoms with Gasteiger partial charge in [0, 0.05) is 25.6 Å². The van der Waals surface area contributed by atoms with Crippen LogP contribution in [0.15, 0.2) is 60.7 Å². The molecule has 0 unspecified atom stereocenters. The number of likely N-dealkylation sites (tertiary alicyclic amines) is 1. The van der Waals surface area contributed by atoms with Gasteiger partial charge in [-0.1, -0.05) is 48.5 Å². The van der Waals surface area contributed by atoms with Gasteiger partial charge in [-0.25, -0.2) is 8.42 Å². The Bertz CT molecular complexity index is 949. The van der Waals surface area contributed by atoms with Crippen molar-refractivity contribution in [1.82, 2.24) is 9.21 Å². The molecule has 7 heteroatoms. The highest BCUT2D eigenvalue weighted by atomic mass is 32.2. The fraction of sp³-hybridized carbons (Fsp3) is 0.409. The molecule has 154 valence electrons. The van der Waals surface area contributed by atoms with Crippen LogP contribution in [0, 0.1) is 11.8 Å². The van der Waals surface area contributed by atoms with Gasteiger partial charge in [-0.15, -0.1) is 0 Å². The highest BCUT2D eigenvalue weighted by molar-refractivity contribution is 7.88. The van der Waals surface area contributed by atoms with Gasteiger partial charge in [0.2, 0.25) is 15.9 Å². The lowest BCUT2D eigenvalue weighted by Gasteiger charge is -2.28. The number of sulfonamides is 1. The van der Waals surface area contributed by atoms with E-state index in [1.165, 1.54) is 6.26 Å². The molecule has 0 saturated carbocycles. The van der Waals surface area contributed by atoms with E-state index in [-0.39, 0.29) is 23.8 Å². The average Bonchev–Trinajstić information content (AvgIpc) is 3.27. The van der Waals surface area contributed by atoms with Crippen LogP contribution in [-0.4, -0.2) is 56.0 Å². The van der Waals surface area contributed by atoms with E-state index >= 15 is 0 Å². The first-order valence-electron chi connectivity index (χ1n) is 9.91. The number of para-hydroxylation sites is 1. The number of carbonyl (C=O) groups excluding carboxylic acids is 1. The summed E-state index contributed by atoms with van der Waals surface area (Å²) in [6.07, 6.45) is 1.59. The second-order valence-corrected chi connectivity index (χ2v) is 9.76. The Morgan fingerprint density at radius 3 is 2.31 bits per heavy atom. The van der Waals surface area contributed by atoms with Crippen LogP contribution in [0.2, 0.25) is 0 Å². The van der Waals surface area contributed by atoms with E-state index in [1.54, 1.807) is 4.31 Å².